The summed E-state index contributed by atoms with van der Waals surface area (Å²) in [4.78, 5) is 11.7. The molecular weight excluding hydrogens is 234 g/mol. The summed E-state index contributed by atoms with van der Waals surface area (Å²) in [5.41, 5.74) is -0.112. The van der Waals surface area contributed by atoms with Gasteiger partial charge in [0.25, 0.3) is 0 Å². The Balaban J connectivity index is 2.79. The van der Waals surface area contributed by atoms with Crippen LogP contribution in [0.1, 0.15) is 17.3 Å². The van der Waals surface area contributed by atoms with E-state index in [0.29, 0.717) is 11.8 Å². The van der Waals surface area contributed by atoms with E-state index >= 15 is 0 Å². The third-order valence-electron chi connectivity index (χ3n) is 2.02. The Morgan fingerprint density at radius 3 is 2.75 bits per heavy atom. The number of thioether (sulfide) groups is 1. The van der Waals surface area contributed by atoms with Crippen LogP contribution in [0.4, 0.5) is 8.78 Å². The van der Waals surface area contributed by atoms with Gasteiger partial charge in [0, 0.05) is 11.8 Å². The molecule has 0 aliphatic rings. The summed E-state index contributed by atoms with van der Waals surface area (Å²) >= 11 is 1.23. The number of benzene rings is 1. The minimum absolute atomic E-state index is 0.0335. The number of ketones is 1. The summed E-state index contributed by atoms with van der Waals surface area (Å²) in [7, 11) is 0. The number of carbonyl (C=O) groups is 1. The minimum Gasteiger partial charge on any atom is -0.396 e. The van der Waals surface area contributed by atoms with Gasteiger partial charge in [-0.15, -0.1) is 11.8 Å². The molecule has 0 amide bonds. The summed E-state index contributed by atoms with van der Waals surface area (Å²) in [5, 5.41) is 8.15. The first-order valence-electron chi connectivity index (χ1n) is 4.78. The van der Waals surface area contributed by atoms with Gasteiger partial charge in [-0.05, 0) is 19.1 Å². The van der Waals surface area contributed by atoms with E-state index in [1.54, 1.807) is 6.92 Å². The zero-order valence-corrected chi connectivity index (χ0v) is 9.56. The van der Waals surface area contributed by atoms with Gasteiger partial charge in [0.2, 0.25) is 0 Å². The molecule has 0 bridgehead atoms. The number of rotatable bonds is 5. The van der Waals surface area contributed by atoms with Crippen molar-refractivity contribution in [1.82, 2.24) is 0 Å². The minimum atomic E-state index is -0.846. The third kappa shape index (κ3) is 3.28. The number of aliphatic hydroxyl groups is 1. The molecule has 0 radical (unpaired) electrons. The SMILES string of the molecule is CC(SCCO)C(=O)c1ccc(F)cc1F. The molecule has 0 aliphatic carbocycles. The second-order valence-corrected chi connectivity index (χ2v) is 4.67. The molecule has 1 aromatic rings. The molecule has 0 fully saturated rings. The predicted molar refractivity (Wildman–Crippen MR) is 59.7 cm³/mol. The van der Waals surface area contributed by atoms with E-state index in [1.807, 2.05) is 0 Å². The number of hydrogen-bond donors (Lipinski definition) is 1. The highest BCUT2D eigenvalue weighted by atomic mass is 32.2. The van der Waals surface area contributed by atoms with Gasteiger partial charge >= 0.3 is 0 Å². The van der Waals surface area contributed by atoms with Gasteiger partial charge in [-0.1, -0.05) is 0 Å². The van der Waals surface area contributed by atoms with Crippen LogP contribution in [-0.4, -0.2) is 28.5 Å². The van der Waals surface area contributed by atoms with Gasteiger partial charge in [0.15, 0.2) is 5.78 Å². The molecule has 1 N–H and O–H groups in total. The molecule has 0 aliphatic heterocycles. The fourth-order valence-corrected chi connectivity index (χ4v) is 1.95. The number of aliphatic hydroxyl groups excluding tert-OH is 1. The Labute approximate surface area is 96.7 Å². The average Bonchev–Trinajstić information content (AvgIpc) is 2.25. The van der Waals surface area contributed by atoms with E-state index in [0.717, 1.165) is 12.1 Å². The van der Waals surface area contributed by atoms with Gasteiger partial charge in [-0.25, -0.2) is 8.78 Å². The lowest BCUT2D eigenvalue weighted by molar-refractivity contribution is 0.0990. The van der Waals surface area contributed by atoms with E-state index in [-0.39, 0.29) is 12.2 Å². The van der Waals surface area contributed by atoms with Gasteiger partial charge in [0.05, 0.1) is 17.4 Å². The van der Waals surface area contributed by atoms with E-state index in [9.17, 15) is 13.6 Å². The molecular formula is C11H12F2O2S. The van der Waals surface area contributed by atoms with Crippen molar-refractivity contribution in [2.45, 2.75) is 12.2 Å². The first kappa shape index (κ1) is 13.1. The van der Waals surface area contributed by atoms with Gasteiger partial charge in [-0.2, -0.15) is 0 Å². The van der Waals surface area contributed by atoms with Gasteiger partial charge < -0.3 is 5.11 Å². The maximum Gasteiger partial charge on any atom is 0.178 e. The standard InChI is InChI=1S/C11H12F2O2S/c1-7(16-5-4-14)11(15)9-3-2-8(12)6-10(9)13/h2-3,6-7,14H,4-5H2,1H3. The number of carbonyl (C=O) groups excluding carboxylic acids is 1. The molecule has 1 atom stereocenters. The summed E-state index contributed by atoms with van der Waals surface area (Å²) in [6.07, 6.45) is 0. The summed E-state index contributed by atoms with van der Waals surface area (Å²) < 4.78 is 25.9. The van der Waals surface area contributed by atoms with E-state index in [2.05, 4.69) is 0 Å². The Morgan fingerprint density at radius 1 is 1.50 bits per heavy atom. The van der Waals surface area contributed by atoms with Crippen molar-refractivity contribution < 1.29 is 18.7 Å². The van der Waals surface area contributed by atoms with Crippen LogP contribution in [0, 0.1) is 11.6 Å². The summed E-state index contributed by atoms with van der Waals surface area (Å²) in [5.74, 6) is -1.53. The molecule has 0 heterocycles. The third-order valence-corrected chi connectivity index (χ3v) is 3.16. The van der Waals surface area contributed by atoms with E-state index < -0.39 is 22.7 Å². The number of Topliss-reactive ketones (excluding diaryl/α,β-unsaturated/α-hetero) is 1. The number of hydrogen-bond acceptors (Lipinski definition) is 3. The Hall–Kier alpha value is -0.940. The van der Waals surface area contributed by atoms with E-state index in [1.165, 1.54) is 11.8 Å². The molecule has 16 heavy (non-hydrogen) atoms. The summed E-state index contributed by atoms with van der Waals surface area (Å²) in [6, 6.07) is 2.89. The lowest BCUT2D eigenvalue weighted by atomic mass is 10.1. The second kappa shape index (κ2) is 5.96. The summed E-state index contributed by atoms with van der Waals surface area (Å²) in [6.45, 7) is 1.60. The van der Waals surface area contributed by atoms with Crippen LogP contribution in [0.25, 0.3) is 0 Å². The van der Waals surface area contributed by atoms with Crippen molar-refractivity contribution in [3.63, 3.8) is 0 Å². The van der Waals surface area contributed by atoms with E-state index in [4.69, 9.17) is 5.11 Å². The molecule has 0 aromatic heterocycles. The van der Waals surface area contributed by atoms with Crippen LogP contribution in [0.3, 0.4) is 0 Å². The van der Waals surface area contributed by atoms with Crippen LogP contribution in [-0.2, 0) is 0 Å². The van der Waals surface area contributed by atoms with Crippen LogP contribution < -0.4 is 0 Å². The van der Waals surface area contributed by atoms with Crippen molar-refractivity contribution in [2.75, 3.05) is 12.4 Å². The Morgan fingerprint density at radius 2 is 2.19 bits per heavy atom. The monoisotopic (exact) mass is 246 g/mol. The first-order valence-corrected chi connectivity index (χ1v) is 5.83. The highest BCUT2D eigenvalue weighted by Gasteiger charge is 2.19. The van der Waals surface area contributed by atoms with Crippen molar-refractivity contribution in [2.24, 2.45) is 0 Å². The van der Waals surface area contributed by atoms with Gasteiger partial charge in [0.1, 0.15) is 11.6 Å². The molecule has 0 saturated heterocycles. The highest BCUT2D eigenvalue weighted by Crippen LogP contribution is 2.18. The zero-order valence-electron chi connectivity index (χ0n) is 8.74. The Kier molecular flexibility index (Phi) is 4.89. The van der Waals surface area contributed by atoms with Crippen LogP contribution in [0.2, 0.25) is 0 Å². The maximum atomic E-state index is 13.3. The molecule has 0 spiro atoms. The maximum absolute atomic E-state index is 13.3. The lowest BCUT2D eigenvalue weighted by Crippen LogP contribution is -2.16. The molecule has 88 valence electrons. The van der Waals surface area contributed by atoms with Crippen LogP contribution in [0.15, 0.2) is 18.2 Å². The largest absolute Gasteiger partial charge is 0.396 e. The van der Waals surface area contributed by atoms with Crippen molar-refractivity contribution in [3.05, 3.63) is 35.4 Å². The van der Waals surface area contributed by atoms with Gasteiger partial charge in [-0.3, -0.25) is 4.79 Å². The van der Waals surface area contributed by atoms with Crippen LogP contribution >= 0.6 is 11.8 Å². The van der Waals surface area contributed by atoms with Crippen molar-refractivity contribution in [1.29, 1.82) is 0 Å². The first-order chi connectivity index (χ1) is 7.56. The second-order valence-electron chi connectivity index (χ2n) is 3.23. The molecule has 1 unspecified atom stereocenters. The highest BCUT2D eigenvalue weighted by molar-refractivity contribution is 8.00. The smallest absolute Gasteiger partial charge is 0.178 e. The fraction of sp³-hybridized carbons (Fsp3) is 0.364. The number of halogens is 2. The molecule has 5 heteroatoms. The average molecular weight is 246 g/mol. The predicted octanol–water partition coefficient (Wildman–Crippen LogP) is 2.26. The van der Waals surface area contributed by atoms with Crippen molar-refractivity contribution >= 4 is 17.5 Å². The quantitative estimate of drug-likeness (QED) is 0.810. The fourth-order valence-electron chi connectivity index (χ4n) is 1.21. The normalized spacial score (nSPS) is 12.5. The van der Waals surface area contributed by atoms with Crippen molar-refractivity contribution in [3.8, 4) is 0 Å². The molecule has 1 aromatic carbocycles. The zero-order chi connectivity index (χ0) is 12.1. The Bertz CT molecular complexity index is 382. The molecule has 1 rings (SSSR count). The topological polar surface area (TPSA) is 37.3 Å². The lowest BCUT2D eigenvalue weighted by Gasteiger charge is -2.09. The van der Waals surface area contributed by atoms with Crippen LogP contribution in [0.5, 0.6) is 0 Å². The molecule has 0 saturated carbocycles. The molecule has 2 nitrogen and oxygen atoms in total.